The van der Waals surface area contributed by atoms with Crippen LogP contribution < -0.4 is 0 Å². The van der Waals surface area contributed by atoms with E-state index >= 15 is 0 Å². The van der Waals surface area contributed by atoms with Crippen molar-refractivity contribution in [3.05, 3.63) is 117 Å². The number of hydrogen-bond donors (Lipinski definition) is 0. The van der Waals surface area contributed by atoms with E-state index in [1.54, 1.807) is 6.20 Å². The molecule has 0 aromatic carbocycles. The molecule has 181 valence electrons. The molecule has 2 saturated carbocycles. The molecule has 34 heavy (non-hydrogen) atoms. The van der Waals surface area contributed by atoms with Gasteiger partial charge in [0.2, 0.25) is 0 Å². The summed E-state index contributed by atoms with van der Waals surface area (Å²) in [4.78, 5) is 6.33. The van der Waals surface area contributed by atoms with Crippen molar-refractivity contribution in [3.63, 3.8) is 0 Å². The Bertz CT molecular complexity index is 579. The number of pyridine rings is 1. The van der Waals surface area contributed by atoms with E-state index in [9.17, 15) is 0 Å². The monoisotopic (exact) mass is 696 g/mol. The summed E-state index contributed by atoms with van der Waals surface area (Å²) in [5.74, 6) is 8.37. The largest absolute Gasteiger partial charge is 0 e. The van der Waals surface area contributed by atoms with Crippen LogP contribution in [0.15, 0.2) is 24.4 Å². The van der Waals surface area contributed by atoms with Crippen molar-refractivity contribution in [2.75, 3.05) is 14.1 Å². The van der Waals surface area contributed by atoms with E-state index in [0.717, 1.165) is 17.7 Å². The fraction of sp³-hybridized carbons (Fsp3) is 0.269. The van der Waals surface area contributed by atoms with E-state index in [1.165, 1.54) is 47.5 Å². The van der Waals surface area contributed by atoms with Gasteiger partial charge in [-0.15, -0.1) is 5.92 Å². The molecular weight excluding hydrogens is 668 g/mol. The fourth-order valence-electron chi connectivity index (χ4n) is 2.78. The normalized spacial score (nSPS) is 17.4. The molecule has 1 aromatic heterocycles. The zero-order valence-corrected chi connectivity index (χ0v) is 24.7. The Labute approximate surface area is 233 Å². The molecule has 3 rings (SSSR count). The van der Waals surface area contributed by atoms with Crippen LogP contribution in [0.2, 0.25) is 0 Å². The van der Waals surface area contributed by atoms with Crippen LogP contribution in [0.25, 0.3) is 0 Å². The molecule has 0 unspecified atom stereocenters. The first-order chi connectivity index (χ1) is 15.8. The molecule has 8 heteroatoms. The van der Waals surface area contributed by atoms with Crippen molar-refractivity contribution in [2.24, 2.45) is 0 Å². The molecule has 0 atom stereocenters. The van der Waals surface area contributed by atoms with E-state index in [4.69, 9.17) is 14.0 Å². The minimum absolute atomic E-state index is 0. The Hall–Kier alpha value is -0.198. The van der Waals surface area contributed by atoms with Crippen LogP contribution in [0.5, 0.6) is 0 Å². The standard InChI is InChI=1S/C13H13N2.C10H15.3CO.ClH.Cr.Ir/c1-15(2)12-8-6-11(7-9-12)13-5-3-4-10-14-13;1-6-7(2)9(4)10(5)8(6)3;3*1-2;;;/h3-6,8-10H,1-2H3;1-5H3;;;;1H;;/q-1;;;;;;;+3/p-1. The van der Waals surface area contributed by atoms with Gasteiger partial charge in [0, 0.05) is 35.3 Å². The predicted octanol–water partition coefficient (Wildman–Crippen LogP) is 5.35. The van der Waals surface area contributed by atoms with Crippen LogP contribution >= 0.6 is 9.58 Å². The fourth-order valence-corrected chi connectivity index (χ4v) is 2.78. The molecule has 11 radical (unpaired) electrons. The molecule has 0 saturated heterocycles. The average molecular weight is 696 g/mol. The van der Waals surface area contributed by atoms with Gasteiger partial charge in [-0.25, -0.2) is 0 Å². The van der Waals surface area contributed by atoms with Crippen LogP contribution in [0.4, 0.5) is 0 Å². The summed E-state index contributed by atoms with van der Waals surface area (Å²) in [7, 11) is 8.67. The van der Waals surface area contributed by atoms with E-state index in [0.29, 0.717) is 0 Å². The van der Waals surface area contributed by atoms with Gasteiger partial charge in [-0.3, -0.25) is 4.98 Å². The van der Waals surface area contributed by atoms with Gasteiger partial charge < -0.3 is 11.3 Å². The summed E-state index contributed by atoms with van der Waals surface area (Å²) >= 11 is 1.47. The van der Waals surface area contributed by atoms with Crippen molar-refractivity contribution >= 4 is 9.58 Å². The maximum absolute atomic E-state index is 7.50. The first-order valence-corrected chi connectivity index (χ1v) is 12.3. The van der Waals surface area contributed by atoms with Crippen LogP contribution in [0.1, 0.15) is 40.3 Å². The van der Waals surface area contributed by atoms with Crippen LogP contribution in [-0.2, 0) is 49.2 Å². The molecule has 0 spiro atoms. The third-order valence-corrected chi connectivity index (χ3v) is 5.07. The van der Waals surface area contributed by atoms with Gasteiger partial charge in [-0.1, -0.05) is 47.1 Å². The molecule has 0 bridgehead atoms. The predicted molar refractivity (Wildman–Crippen MR) is 122 cm³/mol. The molecule has 2 aliphatic rings. The molecule has 2 aliphatic carbocycles. The van der Waals surface area contributed by atoms with Gasteiger partial charge in [-0.2, -0.15) is 6.42 Å². The number of aromatic nitrogens is 1. The van der Waals surface area contributed by atoms with Gasteiger partial charge in [0.25, 0.3) is 0 Å². The van der Waals surface area contributed by atoms with E-state index in [1.807, 2.05) is 45.1 Å². The van der Waals surface area contributed by atoms with Gasteiger partial charge in [0.15, 0.2) is 0 Å². The summed E-state index contributed by atoms with van der Waals surface area (Å²) < 4.78 is 22.5. The van der Waals surface area contributed by atoms with Crippen LogP contribution in [0.3, 0.4) is 0 Å². The summed E-state index contributed by atoms with van der Waals surface area (Å²) in [5, 5.41) is 0. The summed E-state index contributed by atoms with van der Waals surface area (Å²) in [5.41, 5.74) is 0.961. The van der Waals surface area contributed by atoms with Crippen molar-refractivity contribution in [1.82, 2.24) is 9.88 Å². The van der Waals surface area contributed by atoms with Gasteiger partial charge in [0.05, 0.1) is 0 Å². The van der Waals surface area contributed by atoms with Gasteiger partial charge >= 0.3 is 61.4 Å². The zero-order valence-electron chi connectivity index (χ0n) is 20.3. The molecule has 1 aromatic rings. The van der Waals surface area contributed by atoms with Crippen molar-refractivity contribution in [3.8, 4) is 0 Å². The second-order valence-corrected chi connectivity index (χ2v) is 6.69. The van der Waals surface area contributed by atoms with E-state index < -0.39 is 0 Å². The average Bonchev–Trinajstić information content (AvgIpc) is 3.07. The Balaban J connectivity index is -0.000000208. The van der Waals surface area contributed by atoms with E-state index in [2.05, 4.69) is 86.9 Å². The Kier molecular flexibility index (Phi) is 31.2. The van der Waals surface area contributed by atoms with Crippen molar-refractivity contribution in [1.29, 1.82) is 0 Å². The Morgan fingerprint density at radius 2 is 1.21 bits per heavy atom. The summed E-state index contributed by atoms with van der Waals surface area (Å²) in [6, 6.07) is 7.03. The van der Waals surface area contributed by atoms with Crippen LogP contribution in [0, 0.1) is 87.2 Å². The smallest absolute Gasteiger partial charge is 0 e. The number of halogens is 1. The van der Waals surface area contributed by atoms with Crippen molar-refractivity contribution in [2.45, 2.75) is 34.6 Å². The minimum Gasteiger partial charge on any atom is 0 e. The third-order valence-electron chi connectivity index (χ3n) is 5.07. The first kappa shape index (κ1) is 40.9. The number of nitrogens with zero attached hydrogens (tertiary/aromatic N) is 2. The topological polar surface area (TPSA) is 75.8 Å². The molecule has 2 fully saturated rings. The number of hydrogen-bond acceptors (Lipinski definition) is 2. The zero-order chi connectivity index (χ0) is 26.6. The van der Waals surface area contributed by atoms with Crippen LogP contribution in [-0.4, -0.2) is 24.0 Å². The summed E-state index contributed by atoms with van der Waals surface area (Å²) in [6.07, 6.45) is 11.1. The minimum atomic E-state index is 0. The SMILES string of the molecule is CN(C)[C]1[CH][C-][C](c2ccccn2)[CH][CH]1.C[C]1[C](C)[C](C)[C](C)[C]1C.[C-]#[O+].[C-]#[O+].[C-]#[O+].[Cl][Ir+2].[Cr]. The molecule has 1 heterocycles. The Morgan fingerprint density at radius 1 is 0.794 bits per heavy atom. The molecule has 0 N–H and O–H groups in total. The first-order valence-electron chi connectivity index (χ1n) is 9.36. The van der Waals surface area contributed by atoms with Gasteiger partial charge in [-0.05, 0) is 62.2 Å². The van der Waals surface area contributed by atoms with Crippen molar-refractivity contribution < 1.29 is 49.2 Å². The molecular formula is C26H28ClCrIrN2O3+. The second-order valence-electron chi connectivity index (χ2n) is 6.69. The quantitative estimate of drug-likeness (QED) is 0.309. The molecule has 5 nitrogen and oxygen atoms in total. The summed E-state index contributed by atoms with van der Waals surface area (Å²) in [6.45, 7) is 24.5. The van der Waals surface area contributed by atoms with Gasteiger partial charge in [0.1, 0.15) is 0 Å². The molecule has 0 aliphatic heterocycles. The second kappa shape index (κ2) is 25.9. The maximum atomic E-state index is 7.50. The third kappa shape index (κ3) is 14.4. The number of rotatable bonds is 2. The van der Waals surface area contributed by atoms with E-state index in [-0.39, 0.29) is 17.4 Å². The molecule has 0 amide bonds. The maximum Gasteiger partial charge on any atom is 0 e. The Morgan fingerprint density at radius 3 is 1.47 bits per heavy atom.